The molecule has 0 amide bonds. The first-order valence-electron chi connectivity index (χ1n) is 12.4. The number of thiophene rings is 2. The van der Waals surface area contributed by atoms with E-state index < -0.39 is 0 Å². The van der Waals surface area contributed by atoms with Crippen LogP contribution in [0.5, 0.6) is 0 Å². The van der Waals surface area contributed by atoms with Crippen LogP contribution in [-0.4, -0.2) is 0 Å². The molecule has 2 heterocycles. The van der Waals surface area contributed by atoms with E-state index in [9.17, 15) is 10.5 Å². The molecule has 6 aromatic rings. The molecular weight excluding hydrogens is 517 g/mol. The second-order valence-corrected chi connectivity index (χ2v) is 12.2. The van der Waals surface area contributed by atoms with E-state index in [4.69, 9.17) is 6.57 Å². The summed E-state index contributed by atoms with van der Waals surface area (Å²) in [7, 11) is 0. The zero-order chi connectivity index (χ0) is 27.4. The van der Waals surface area contributed by atoms with Crippen molar-refractivity contribution in [2.45, 2.75) is 27.7 Å². The Morgan fingerprint density at radius 1 is 0.718 bits per heavy atom. The highest BCUT2D eigenvalue weighted by Gasteiger charge is 2.21. The summed E-state index contributed by atoms with van der Waals surface area (Å²) in [5.74, 6) is 0. The summed E-state index contributed by atoms with van der Waals surface area (Å²) in [6, 6.07) is 25.2. The number of nitriles is 2. The third kappa shape index (κ3) is 3.92. The van der Waals surface area contributed by atoms with E-state index in [0.29, 0.717) is 5.56 Å². The largest absolute Gasteiger partial charge is 0.293 e. The molecule has 0 aliphatic heterocycles. The number of benzene rings is 4. The van der Waals surface area contributed by atoms with Crippen LogP contribution >= 0.6 is 22.7 Å². The van der Waals surface area contributed by atoms with Gasteiger partial charge in [0.1, 0.15) is 10.0 Å². The van der Waals surface area contributed by atoms with Gasteiger partial charge in [-0.1, -0.05) is 24.3 Å². The lowest BCUT2D eigenvalue weighted by atomic mass is 9.91. The van der Waals surface area contributed by atoms with Gasteiger partial charge in [-0.15, -0.1) is 22.7 Å². The summed E-state index contributed by atoms with van der Waals surface area (Å²) in [5, 5.41) is 28.0. The Balaban J connectivity index is 1.60. The molecule has 4 aromatic carbocycles. The van der Waals surface area contributed by atoms with Crippen molar-refractivity contribution in [2.75, 3.05) is 4.90 Å². The Hall–Kier alpha value is -4.67. The lowest BCUT2D eigenvalue weighted by Crippen LogP contribution is -2.07. The quantitative estimate of drug-likeness (QED) is 0.127. The number of anilines is 3. The molecule has 6 rings (SSSR count). The maximum absolute atomic E-state index is 9.72. The third-order valence-corrected chi connectivity index (χ3v) is 9.65. The van der Waals surface area contributed by atoms with Crippen LogP contribution in [0.25, 0.3) is 42.7 Å². The van der Waals surface area contributed by atoms with Crippen molar-refractivity contribution in [3.8, 4) is 12.1 Å². The molecule has 2 aromatic heterocycles. The molecule has 0 saturated carbocycles. The highest BCUT2D eigenvalue weighted by atomic mass is 32.1. The van der Waals surface area contributed by atoms with E-state index in [2.05, 4.69) is 92.0 Å². The summed E-state index contributed by atoms with van der Waals surface area (Å²) in [5.41, 5.74) is 4.22. The van der Waals surface area contributed by atoms with Crippen molar-refractivity contribution >= 4 is 76.3 Å². The van der Waals surface area contributed by atoms with E-state index in [1.54, 1.807) is 0 Å². The normalized spacial score (nSPS) is 11.9. The maximum atomic E-state index is 9.72. The fraction of sp³-hybridized carbons (Fsp3) is 0.121. The number of hydrogen-bond acceptors (Lipinski definition) is 5. The molecule has 0 fully saturated rings. The molecule has 0 bridgehead atoms. The van der Waals surface area contributed by atoms with E-state index in [0.717, 1.165) is 32.6 Å². The Morgan fingerprint density at radius 3 is 1.54 bits per heavy atom. The molecule has 186 valence electrons. The van der Waals surface area contributed by atoms with Gasteiger partial charge in [0.05, 0.1) is 24.3 Å². The number of nitrogens with zero attached hydrogens (tertiary/aromatic N) is 4. The third-order valence-electron chi connectivity index (χ3n) is 7.38. The van der Waals surface area contributed by atoms with Crippen LogP contribution in [0.3, 0.4) is 0 Å². The van der Waals surface area contributed by atoms with Gasteiger partial charge in [-0.2, -0.15) is 5.26 Å². The monoisotopic (exact) mass is 538 g/mol. The van der Waals surface area contributed by atoms with Crippen molar-refractivity contribution < 1.29 is 0 Å². The highest BCUT2D eigenvalue weighted by Crippen LogP contribution is 2.46. The van der Waals surface area contributed by atoms with Crippen molar-refractivity contribution in [3.05, 3.63) is 104 Å². The second kappa shape index (κ2) is 9.26. The average Bonchev–Trinajstić information content (AvgIpc) is 3.44. The summed E-state index contributed by atoms with van der Waals surface area (Å²) < 4.78 is 0. The van der Waals surface area contributed by atoms with Crippen LogP contribution in [0.15, 0.2) is 66.4 Å². The molecule has 0 unspecified atom stereocenters. The molecule has 0 aliphatic rings. The van der Waals surface area contributed by atoms with Gasteiger partial charge < -0.3 is 0 Å². The Morgan fingerprint density at radius 2 is 1.18 bits per heavy atom. The fourth-order valence-electron chi connectivity index (χ4n) is 5.18. The molecule has 0 saturated heterocycles. The molecule has 0 N–H and O–H groups in total. The predicted molar refractivity (Wildman–Crippen MR) is 164 cm³/mol. The van der Waals surface area contributed by atoms with Crippen LogP contribution in [-0.2, 0) is 0 Å². The fourth-order valence-corrected chi connectivity index (χ4v) is 7.36. The first-order chi connectivity index (χ1) is 18.8. The minimum absolute atomic E-state index is 0.110. The zero-order valence-electron chi connectivity index (χ0n) is 21.9. The van der Waals surface area contributed by atoms with Crippen molar-refractivity contribution in [2.24, 2.45) is 0 Å². The lowest BCUT2D eigenvalue weighted by molar-refractivity contribution is 1.34. The molecule has 6 heteroatoms. The van der Waals surface area contributed by atoms with Gasteiger partial charge in [-0.05, 0) is 113 Å². The molecule has 39 heavy (non-hydrogen) atoms. The zero-order valence-corrected chi connectivity index (χ0v) is 23.5. The molecule has 4 nitrogen and oxygen atoms in total. The molecule has 0 spiro atoms. The van der Waals surface area contributed by atoms with Crippen molar-refractivity contribution in [1.29, 1.82) is 10.5 Å². The number of allylic oxidation sites excluding steroid dienone is 2. The van der Waals surface area contributed by atoms with E-state index in [1.807, 2.05) is 40.9 Å². The number of aryl methyl sites for hydroxylation is 4. The number of rotatable bonds is 4. The van der Waals surface area contributed by atoms with Gasteiger partial charge in [0.15, 0.2) is 0 Å². The topological polar surface area (TPSA) is 55.2 Å². The Kier molecular flexibility index (Phi) is 5.86. The highest BCUT2D eigenvalue weighted by molar-refractivity contribution is 7.18. The summed E-state index contributed by atoms with van der Waals surface area (Å²) in [4.78, 5) is 8.27. The lowest BCUT2D eigenvalue weighted by Gasteiger charge is -2.23. The second-order valence-electron chi connectivity index (χ2n) is 9.74. The SMILES string of the molecule is [C-]#[N+]/C(C#N)=C(/C#N)c1cc2ccc3cc(N(c4cc(C)c(C)s4)c4cc(C)c(C)s4)cc4ccc(c1)c2c34. The van der Waals surface area contributed by atoms with Crippen molar-refractivity contribution in [1.82, 2.24) is 0 Å². The summed E-state index contributed by atoms with van der Waals surface area (Å²) >= 11 is 3.63. The van der Waals surface area contributed by atoms with Crippen LogP contribution in [0.2, 0.25) is 0 Å². The first kappa shape index (κ1) is 24.7. The summed E-state index contributed by atoms with van der Waals surface area (Å²) in [6.45, 7) is 16.0. The minimum Gasteiger partial charge on any atom is -0.293 e. The molecule has 0 radical (unpaired) electrons. The van der Waals surface area contributed by atoms with Gasteiger partial charge in [-0.25, -0.2) is 10.1 Å². The van der Waals surface area contributed by atoms with E-state index in [-0.39, 0.29) is 11.3 Å². The minimum atomic E-state index is -0.187. The first-order valence-corrected chi connectivity index (χ1v) is 14.1. The predicted octanol–water partition coefficient (Wildman–Crippen LogP) is 10.1. The van der Waals surface area contributed by atoms with Gasteiger partial charge in [-0.3, -0.25) is 4.90 Å². The molecular formula is C33H22N4S2. The van der Waals surface area contributed by atoms with Gasteiger partial charge in [0.2, 0.25) is 0 Å². The summed E-state index contributed by atoms with van der Waals surface area (Å²) in [6.07, 6.45) is 0. The molecule has 0 atom stereocenters. The molecule has 0 aliphatic carbocycles. The average molecular weight is 539 g/mol. The van der Waals surface area contributed by atoms with Gasteiger partial charge >= 0.3 is 0 Å². The smallest absolute Gasteiger partial charge is 0.279 e. The van der Waals surface area contributed by atoms with Crippen LogP contribution in [0.1, 0.15) is 26.4 Å². The van der Waals surface area contributed by atoms with E-state index in [1.165, 1.54) is 36.3 Å². The van der Waals surface area contributed by atoms with Crippen LogP contribution < -0.4 is 4.90 Å². The Labute approximate surface area is 235 Å². The Bertz CT molecular complexity index is 1940. The van der Waals surface area contributed by atoms with Crippen LogP contribution in [0.4, 0.5) is 15.7 Å². The van der Waals surface area contributed by atoms with Gasteiger partial charge in [0.25, 0.3) is 5.70 Å². The number of hydrogen-bond donors (Lipinski definition) is 0. The van der Waals surface area contributed by atoms with Crippen LogP contribution in [0, 0.1) is 56.9 Å². The van der Waals surface area contributed by atoms with E-state index >= 15 is 0 Å². The van der Waals surface area contributed by atoms with Gasteiger partial charge in [0, 0.05) is 15.4 Å². The maximum Gasteiger partial charge on any atom is 0.279 e. The standard InChI is InChI=1S/C33H22N4S2/c1-18-10-30(38-20(18)3)37(31-11-19(2)21(4)39-31)27-14-24-8-6-22-12-26(28(16-34)29(17-35)36-5)13-23-7-9-25(15-27)33(24)32(22)23/h6-15H,1-4H3/b29-28-. The van der Waals surface area contributed by atoms with Crippen molar-refractivity contribution in [3.63, 3.8) is 0 Å².